The van der Waals surface area contributed by atoms with E-state index in [9.17, 15) is 13.6 Å². The summed E-state index contributed by atoms with van der Waals surface area (Å²) in [6.45, 7) is -0.718. The number of allylic oxidation sites excluding steroid dienone is 3. The molecule has 1 aromatic rings. The van der Waals surface area contributed by atoms with Crippen molar-refractivity contribution in [1.29, 1.82) is 5.26 Å². The van der Waals surface area contributed by atoms with E-state index in [0.29, 0.717) is 16.5 Å². The van der Waals surface area contributed by atoms with E-state index in [-0.39, 0.29) is 17.0 Å². The number of H-pyrrole nitrogens is 1. The molecule has 1 aliphatic carbocycles. The lowest BCUT2D eigenvalue weighted by Gasteiger charge is -2.08. The summed E-state index contributed by atoms with van der Waals surface area (Å²) in [5.41, 5.74) is 1.64. The third-order valence-corrected chi connectivity index (χ3v) is 4.02. The summed E-state index contributed by atoms with van der Waals surface area (Å²) >= 11 is 3.29. The molecule has 0 spiro atoms. The number of hydrogen-bond acceptors (Lipinski definition) is 4. The van der Waals surface area contributed by atoms with Crippen LogP contribution < -0.4 is 0 Å². The maximum Gasteiger partial charge on any atom is 0.272 e. The van der Waals surface area contributed by atoms with Gasteiger partial charge in [0, 0.05) is 32.4 Å². The lowest BCUT2D eigenvalue weighted by atomic mass is 10.1. The summed E-state index contributed by atoms with van der Waals surface area (Å²) in [6.07, 6.45) is 2.66. The first kappa shape index (κ1) is 18.9. The van der Waals surface area contributed by atoms with Crippen LogP contribution in [-0.4, -0.2) is 42.8 Å². The number of halogens is 3. The second-order valence-corrected chi connectivity index (χ2v) is 6.39. The maximum absolute atomic E-state index is 12.5. The Morgan fingerprint density at radius 3 is 2.88 bits per heavy atom. The van der Waals surface area contributed by atoms with Crippen LogP contribution in [0.15, 0.2) is 34.2 Å². The van der Waals surface area contributed by atoms with Gasteiger partial charge in [-0.05, 0) is 33.6 Å². The predicted octanol–water partition coefficient (Wildman–Crippen LogP) is 3.62. The third-order valence-electron chi connectivity index (χ3n) is 3.30. The van der Waals surface area contributed by atoms with Gasteiger partial charge in [-0.1, -0.05) is 6.08 Å². The van der Waals surface area contributed by atoms with Crippen molar-refractivity contribution in [3.05, 3.63) is 51.1 Å². The summed E-state index contributed by atoms with van der Waals surface area (Å²) in [5.74, 6) is -0.169. The van der Waals surface area contributed by atoms with Crippen molar-refractivity contribution in [1.82, 2.24) is 9.88 Å². The van der Waals surface area contributed by atoms with Crippen molar-refractivity contribution >= 4 is 27.8 Å². The van der Waals surface area contributed by atoms with Crippen LogP contribution in [0.3, 0.4) is 0 Å². The third kappa shape index (κ3) is 4.79. The lowest BCUT2D eigenvalue weighted by Crippen LogP contribution is -2.09. The summed E-state index contributed by atoms with van der Waals surface area (Å²) < 4.78 is 30.4. The fraction of sp³-hybridized carbons (Fsp3) is 0.294. The second-order valence-electron chi connectivity index (χ2n) is 5.53. The van der Waals surface area contributed by atoms with E-state index >= 15 is 0 Å². The minimum absolute atomic E-state index is 0.00344. The molecule has 1 heterocycles. The van der Waals surface area contributed by atoms with Crippen molar-refractivity contribution in [3.63, 3.8) is 0 Å². The Balaban J connectivity index is 2.33. The van der Waals surface area contributed by atoms with Gasteiger partial charge in [0.2, 0.25) is 5.78 Å². The highest BCUT2D eigenvalue weighted by atomic mass is 79.9. The maximum atomic E-state index is 12.5. The van der Waals surface area contributed by atoms with E-state index in [4.69, 9.17) is 10.00 Å². The smallest absolute Gasteiger partial charge is 0.272 e. The summed E-state index contributed by atoms with van der Waals surface area (Å²) in [5, 5.41) is 9.15. The number of nitriles is 1. The van der Waals surface area contributed by atoms with Gasteiger partial charge in [0.05, 0.1) is 10.2 Å². The molecule has 2 rings (SSSR count). The normalized spacial score (nSPS) is 14.2. The van der Waals surface area contributed by atoms with E-state index in [0.717, 1.165) is 5.69 Å². The number of fused-ring (bicyclic) bond motifs is 1. The molecule has 0 saturated carbocycles. The van der Waals surface area contributed by atoms with Gasteiger partial charge >= 0.3 is 0 Å². The molecule has 5 nitrogen and oxygen atoms in total. The number of rotatable bonds is 6. The minimum atomic E-state index is -2.58. The molecule has 132 valence electrons. The van der Waals surface area contributed by atoms with Crippen molar-refractivity contribution in [2.45, 2.75) is 12.8 Å². The fourth-order valence-corrected chi connectivity index (χ4v) is 2.63. The number of ether oxygens (including phenoxy) is 1. The molecular formula is C17H16BrF2N3O2. The Labute approximate surface area is 152 Å². The van der Waals surface area contributed by atoms with Gasteiger partial charge < -0.3 is 14.6 Å². The Morgan fingerprint density at radius 1 is 1.56 bits per heavy atom. The molecule has 8 heteroatoms. The number of alkyl halides is 2. The van der Waals surface area contributed by atoms with Crippen molar-refractivity contribution < 1.29 is 18.3 Å². The van der Waals surface area contributed by atoms with Gasteiger partial charge in [-0.15, -0.1) is 0 Å². The molecule has 0 aromatic carbocycles. The average molecular weight is 412 g/mol. The van der Waals surface area contributed by atoms with Gasteiger partial charge in [-0.25, -0.2) is 8.78 Å². The number of Topliss-reactive ketones (excluding diaryl/α,β-unsaturated/α-hetero) is 1. The van der Waals surface area contributed by atoms with Crippen molar-refractivity contribution in [2.24, 2.45) is 0 Å². The monoisotopic (exact) mass is 411 g/mol. The van der Waals surface area contributed by atoms with Gasteiger partial charge in [0.25, 0.3) is 6.43 Å². The van der Waals surface area contributed by atoms with Gasteiger partial charge in [-0.2, -0.15) is 5.26 Å². The van der Waals surface area contributed by atoms with Crippen molar-refractivity contribution in [2.75, 3.05) is 20.7 Å². The quantitative estimate of drug-likeness (QED) is 0.440. The molecule has 0 unspecified atom stereocenters. The molecule has 1 aliphatic rings. The van der Waals surface area contributed by atoms with E-state index in [1.807, 2.05) is 6.07 Å². The van der Waals surface area contributed by atoms with Crippen LogP contribution in [0.2, 0.25) is 0 Å². The highest BCUT2D eigenvalue weighted by Gasteiger charge is 2.20. The molecular weight excluding hydrogens is 396 g/mol. The Hall–Kier alpha value is -2.40. The van der Waals surface area contributed by atoms with E-state index < -0.39 is 18.8 Å². The van der Waals surface area contributed by atoms with Gasteiger partial charge in [0.15, 0.2) is 0 Å². The number of carbonyl (C=O) groups is 1. The Bertz CT molecular complexity index is 801. The first-order valence-electron chi connectivity index (χ1n) is 7.35. The Kier molecular flexibility index (Phi) is 6.15. The number of hydrogen-bond donors (Lipinski definition) is 1. The molecule has 0 aliphatic heterocycles. The first-order chi connectivity index (χ1) is 11.8. The van der Waals surface area contributed by atoms with Gasteiger partial charge in [0.1, 0.15) is 24.0 Å². The zero-order valence-electron chi connectivity index (χ0n) is 13.6. The van der Waals surface area contributed by atoms with E-state index in [1.165, 1.54) is 6.20 Å². The van der Waals surface area contributed by atoms with E-state index in [1.54, 1.807) is 37.2 Å². The summed E-state index contributed by atoms with van der Waals surface area (Å²) in [7, 11) is 3.43. The molecule has 0 radical (unpaired) electrons. The molecule has 1 N–H and O–H groups in total. The van der Waals surface area contributed by atoms with Crippen LogP contribution in [0.4, 0.5) is 8.78 Å². The van der Waals surface area contributed by atoms with Crippen LogP contribution >= 0.6 is 15.9 Å². The van der Waals surface area contributed by atoms with Gasteiger partial charge in [-0.3, -0.25) is 4.79 Å². The molecule has 0 fully saturated rings. The number of carbonyl (C=O) groups excluding carboxylic acids is 1. The lowest BCUT2D eigenvalue weighted by molar-refractivity contribution is 0.0531. The fourth-order valence-electron chi connectivity index (χ4n) is 2.24. The van der Waals surface area contributed by atoms with Crippen LogP contribution in [0.1, 0.15) is 21.7 Å². The molecule has 0 atom stereocenters. The highest BCUT2D eigenvalue weighted by Crippen LogP contribution is 2.29. The zero-order chi connectivity index (χ0) is 18.6. The topological polar surface area (TPSA) is 69.1 Å². The molecule has 0 saturated heterocycles. The Morgan fingerprint density at radius 2 is 2.28 bits per heavy atom. The van der Waals surface area contributed by atoms with Crippen molar-refractivity contribution in [3.8, 4) is 6.07 Å². The van der Waals surface area contributed by atoms with E-state index in [2.05, 4.69) is 20.9 Å². The largest absolute Gasteiger partial charge is 0.486 e. The number of nitrogens with one attached hydrogen (secondary N) is 1. The number of ketones is 1. The molecule has 25 heavy (non-hydrogen) atoms. The minimum Gasteiger partial charge on any atom is -0.486 e. The predicted molar refractivity (Wildman–Crippen MR) is 93.2 cm³/mol. The zero-order valence-corrected chi connectivity index (χ0v) is 15.2. The number of aromatic amines is 1. The average Bonchev–Trinajstić information content (AvgIpc) is 2.89. The summed E-state index contributed by atoms with van der Waals surface area (Å²) in [4.78, 5) is 17.1. The standard InChI is InChI=1S/C17H16BrF2N3O2/c1-23(2)8-11(7-21)17(24)14-5-10-6-15(25-9-16(19)20)12(18)3-4-13(10)22-14/h3,5-6,8,16,22H,4,9H2,1-2H3/b11-8+. The first-order valence-corrected chi connectivity index (χ1v) is 8.14. The molecule has 0 amide bonds. The van der Waals surface area contributed by atoms with Crippen LogP contribution in [0.5, 0.6) is 0 Å². The van der Waals surface area contributed by atoms with Crippen LogP contribution in [-0.2, 0) is 11.2 Å². The van der Waals surface area contributed by atoms with Crippen LogP contribution in [0, 0.1) is 11.3 Å². The van der Waals surface area contributed by atoms with Crippen LogP contribution in [0.25, 0.3) is 6.08 Å². The second kappa shape index (κ2) is 8.12. The SMILES string of the molecule is CN(C)/C=C(\C#N)C(=O)c1cc2c([nH]1)CC=C(Br)C(OCC(F)F)=C2. The summed E-state index contributed by atoms with van der Waals surface area (Å²) in [6, 6.07) is 3.47. The number of aromatic nitrogens is 1. The highest BCUT2D eigenvalue weighted by molar-refractivity contribution is 9.12. The molecule has 0 bridgehead atoms. The number of nitrogens with zero attached hydrogens (tertiary/aromatic N) is 2. The molecule has 1 aromatic heterocycles.